The number of hydrogen-bond acceptors (Lipinski definition) is 2. The average Bonchev–Trinajstić information content (AvgIpc) is 2.95. The molecule has 0 aliphatic rings. The number of carbonyl (C=O) groups excluding carboxylic acids is 2. The lowest BCUT2D eigenvalue weighted by atomic mass is 10.2. The summed E-state index contributed by atoms with van der Waals surface area (Å²) in [6.45, 7) is 0.590. The molecule has 190 valence electrons. The summed E-state index contributed by atoms with van der Waals surface area (Å²) in [4.78, 5) is 30.0. The van der Waals surface area contributed by atoms with E-state index in [0.717, 1.165) is 22.5 Å². The highest BCUT2D eigenvalue weighted by molar-refractivity contribution is 6.30. The van der Waals surface area contributed by atoms with Gasteiger partial charge in [0.2, 0.25) is 0 Å². The minimum absolute atomic E-state index is 0.191. The third-order valence-corrected chi connectivity index (χ3v) is 6.30. The second kappa shape index (κ2) is 13.4. The molecule has 0 saturated carbocycles. The van der Waals surface area contributed by atoms with Crippen molar-refractivity contribution in [3.8, 4) is 0 Å². The van der Waals surface area contributed by atoms with E-state index in [0.29, 0.717) is 23.1 Å². The molecule has 0 fully saturated rings. The van der Waals surface area contributed by atoms with Gasteiger partial charge in [-0.2, -0.15) is 0 Å². The maximum absolute atomic E-state index is 13.3. The summed E-state index contributed by atoms with van der Waals surface area (Å²) >= 11 is 11.9. The Balaban J connectivity index is 1.55. The predicted molar refractivity (Wildman–Crippen MR) is 159 cm³/mol. The lowest BCUT2D eigenvalue weighted by Gasteiger charge is -2.27. The molecule has 0 saturated heterocycles. The molecule has 2 amide bonds. The highest BCUT2D eigenvalue weighted by Gasteiger charge is 2.18. The van der Waals surface area contributed by atoms with E-state index in [4.69, 9.17) is 23.2 Å². The summed E-state index contributed by atoms with van der Waals surface area (Å²) in [5.74, 6) is -0.383. The van der Waals surface area contributed by atoms with Crippen molar-refractivity contribution in [3.63, 3.8) is 0 Å². The first-order chi connectivity index (χ1) is 18.5. The van der Waals surface area contributed by atoms with Crippen molar-refractivity contribution in [1.82, 2.24) is 0 Å². The van der Waals surface area contributed by atoms with Crippen LogP contribution >= 0.6 is 23.2 Å². The molecule has 38 heavy (non-hydrogen) atoms. The number of nitrogens with zero attached hydrogens (tertiary/aromatic N) is 2. The van der Waals surface area contributed by atoms with Gasteiger partial charge in [-0.1, -0.05) is 83.9 Å². The Morgan fingerprint density at radius 1 is 0.526 bits per heavy atom. The minimum Gasteiger partial charge on any atom is -0.307 e. The third kappa shape index (κ3) is 7.69. The fourth-order valence-corrected chi connectivity index (χ4v) is 4.06. The Bertz CT molecular complexity index is 1290. The van der Waals surface area contributed by atoms with Crippen LogP contribution in [0.3, 0.4) is 0 Å². The first kappa shape index (κ1) is 26.9. The third-order valence-electron chi connectivity index (χ3n) is 5.79. The zero-order chi connectivity index (χ0) is 26.7. The number of halogens is 2. The Kier molecular flexibility index (Phi) is 9.52. The lowest BCUT2D eigenvalue weighted by molar-refractivity contribution is -0.115. The molecule has 4 aromatic carbocycles. The summed E-state index contributed by atoms with van der Waals surface area (Å²) in [5, 5.41) is 1.27. The maximum Gasteiger partial charge on any atom is 0.251 e. The van der Waals surface area contributed by atoms with Gasteiger partial charge < -0.3 is 9.80 Å². The van der Waals surface area contributed by atoms with Crippen LogP contribution < -0.4 is 9.80 Å². The monoisotopic (exact) mass is 540 g/mol. The highest BCUT2D eigenvalue weighted by Crippen LogP contribution is 2.19. The number of benzene rings is 4. The van der Waals surface area contributed by atoms with Crippen LogP contribution in [0.15, 0.2) is 121 Å². The zero-order valence-electron chi connectivity index (χ0n) is 20.6. The van der Waals surface area contributed by atoms with Crippen LogP contribution in [0.5, 0.6) is 0 Å². The minimum atomic E-state index is -0.191. The second-order valence-corrected chi connectivity index (χ2v) is 9.29. The smallest absolute Gasteiger partial charge is 0.251 e. The van der Waals surface area contributed by atoms with E-state index in [9.17, 15) is 9.59 Å². The maximum atomic E-state index is 13.3. The molecule has 6 heteroatoms. The van der Waals surface area contributed by atoms with Crippen molar-refractivity contribution in [3.05, 3.63) is 143 Å². The van der Waals surface area contributed by atoms with E-state index >= 15 is 0 Å². The van der Waals surface area contributed by atoms with E-state index in [1.165, 1.54) is 12.2 Å². The molecule has 0 N–H and O–H groups in total. The van der Waals surface area contributed by atoms with Crippen LogP contribution in [0, 0.1) is 0 Å². The fourth-order valence-electron chi connectivity index (χ4n) is 3.81. The van der Waals surface area contributed by atoms with Gasteiger partial charge in [-0.05, 0) is 71.8 Å². The molecule has 4 rings (SSSR count). The SMILES string of the molecule is O=C(/C=C/c1ccc(Cl)cc1)N(CCN(C(=O)/C=C/c1ccc(Cl)cc1)c1ccccc1)c1ccccc1. The van der Waals surface area contributed by atoms with Gasteiger partial charge in [0.15, 0.2) is 0 Å². The van der Waals surface area contributed by atoms with Gasteiger partial charge in [-0.15, -0.1) is 0 Å². The van der Waals surface area contributed by atoms with Crippen molar-refractivity contribution in [2.24, 2.45) is 0 Å². The van der Waals surface area contributed by atoms with Crippen LogP contribution in [-0.4, -0.2) is 24.9 Å². The number of anilines is 2. The normalized spacial score (nSPS) is 11.1. The fraction of sp³-hybridized carbons (Fsp3) is 0.0625. The van der Waals surface area contributed by atoms with Crippen molar-refractivity contribution >= 4 is 58.5 Å². The number of para-hydroxylation sites is 2. The zero-order valence-corrected chi connectivity index (χ0v) is 22.1. The van der Waals surface area contributed by atoms with Crippen LogP contribution in [0.2, 0.25) is 10.0 Å². The molecule has 0 aliphatic heterocycles. The van der Waals surface area contributed by atoms with Crippen molar-refractivity contribution in [2.45, 2.75) is 0 Å². The van der Waals surface area contributed by atoms with Crippen LogP contribution in [0.1, 0.15) is 11.1 Å². The molecule has 0 spiro atoms. The van der Waals surface area contributed by atoms with Gasteiger partial charge in [0.05, 0.1) is 0 Å². The lowest BCUT2D eigenvalue weighted by Crippen LogP contribution is -2.40. The first-order valence-electron chi connectivity index (χ1n) is 12.1. The van der Waals surface area contributed by atoms with Crippen LogP contribution in [0.4, 0.5) is 11.4 Å². The van der Waals surface area contributed by atoms with E-state index in [-0.39, 0.29) is 11.8 Å². The summed E-state index contributed by atoms with van der Waals surface area (Å²) in [7, 11) is 0. The van der Waals surface area contributed by atoms with Gasteiger partial charge in [0, 0.05) is 46.7 Å². The molecule has 0 radical (unpaired) electrons. The summed E-state index contributed by atoms with van der Waals surface area (Å²) in [6.07, 6.45) is 6.57. The van der Waals surface area contributed by atoms with Gasteiger partial charge in [-0.3, -0.25) is 9.59 Å². The standard InChI is InChI=1S/C32H26Cl2N2O2/c33-27-17-11-25(12-18-27)15-21-31(37)35(29-7-3-1-4-8-29)23-24-36(30-9-5-2-6-10-30)32(38)22-16-26-13-19-28(34)20-14-26/h1-22H,23-24H2/b21-15+,22-16+. The number of rotatable bonds is 9. The average molecular weight is 541 g/mol. The molecular formula is C32H26Cl2N2O2. The molecular weight excluding hydrogens is 515 g/mol. The Morgan fingerprint density at radius 2 is 0.868 bits per heavy atom. The topological polar surface area (TPSA) is 40.6 Å². The van der Waals surface area contributed by atoms with Crippen molar-refractivity contribution < 1.29 is 9.59 Å². The molecule has 0 bridgehead atoms. The van der Waals surface area contributed by atoms with E-state index in [1.807, 2.05) is 84.9 Å². The highest BCUT2D eigenvalue weighted by atomic mass is 35.5. The Morgan fingerprint density at radius 3 is 1.21 bits per heavy atom. The summed E-state index contributed by atoms with van der Waals surface area (Å²) in [5.41, 5.74) is 3.22. The van der Waals surface area contributed by atoms with E-state index in [2.05, 4.69) is 0 Å². The number of amides is 2. The van der Waals surface area contributed by atoms with Crippen LogP contribution in [-0.2, 0) is 9.59 Å². The predicted octanol–water partition coefficient (Wildman–Crippen LogP) is 7.79. The Hall–Kier alpha value is -4.12. The quantitative estimate of drug-likeness (QED) is 0.203. The molecule has 0 unspecified atom stereocenters. The number of carbonyl (C=O) groups is 2. The molecule has 4 nitrogen and oxygen atoms in total. The second-order valence-electron chi connectivity index (χ2n) is 8.42. The molecule has 4 aromatic rings. The Labute approximate surface area is 233 Å². The molecule has 0 atom stereocenters. The van der Waals surface area contributed by atoms with Crippen molar-refractivity contribution in [1.29, 1.82) is 0 Å². The molecule has 0 aromatic heterocycles. The largest absolute Gasteiger partial charge is 0.307 e. The van der Waals surface area contributed by atoms with Gasteiger partial charge in [0.1, 0.15) is 0 Å². The van der Waals surface area contributed by atoms with Gasteiger partial charge in [0.25, 0.3) is 11.8 Å². The van der Waals surface area contributed by atoms with E-state index in [1.54, 1.807) is 46.2 Å². The first-order valence-corrected chi connectivity index (χ1v) is 12.9. The van der Waals surface area contributed by atoms with E-state index < -0.39 is 0 Å². The molecule has 0 aliphatic carbocycles. The molecule has 0 heterocycles. The van der Waals surface area contributed by atoms with Crippen LogP contribution in [0.25, 0.3) is 12.2 Å². The summed E-state index contributed by atoms with van der Waals surface area (Å²) < 4.78 is 0. The summed E-state index contributed by atoms with van der Waals surface area (Å²) in [6, 6.07) is 33.4. The number of hydrogen-bond donors (Lipinski definition) is 0. The van der Waals surface area contributed by atoms with Gasteiger partial charge >= 0.3 is 0 Å². The van der Waals surface area contributed by atoms with Crippen molar-refractivity contribution in [2.75, 3.05) is 22.9 Å². The van der Waals surface area contributed by atoms with Gasteiger partial charge in [-0.25, -0.2) is 0 Å².